The Morgan fingerprint density at radius 3 is 2.27 bits per heavy atom. The predicted octanol–water partition coefficient (Wildman–Crippen LogP) is 5.28. The molecule has 0 fully saturated rings. The number of hydrogen-bond acceptors (Lipinski definition) is 5. The molecule has 0 aliphatic rings. The van der Waals surface area contributed by atoms with Crippen molar-refractivity contribution in [3.05, 3.63) is 82.9 Å². The number of ether oxygens (including phenoxy) is 1. The standard InChI is InChI=1S/C27H28N2O4/c1-17-14-23(19(3)33-17)25(30)15-29(20-10-12-21(32-5)13-11-20)16-26(31)27-18(2)28(4)24-9-7-6-8-22(24)27/h6-14H,15-16H2,1-5H3. The Balaban J connectivity index is 1.69. The van der Waals surface area contributed by atoms with E-state index in [-0.39, 0.29) is 24.7 Å². The van der Waals surface area contributed by atoms with E-state index in [1.807, 2.05) is 78.9 Å². The first-order valence-electron chi connectivity index (χ1n) is 10.9. The third kappa shape index (κ3) is 4.29. The normalized spacial score (nSPS) is 11.1. The Morgan fingerprint density at radius 2 is 1.64 bits per heavy atom. The van der Waals surface area contributed by atoms with Crippen LogP contribution in [0.2, 0.25) is 0 Å². The van der Waals surface area contributed by atoms with E-state index in [4.69, 9.17) is 9.15 Å². The quantitative estimate of drug-likeness (QED) is 0.346. The minimum Gasteiger partial charge on any atom is -0.497 e. The van der Waals surface area contributed by atoms with E-state index >= 15 is 0 Å². The van der Waals surface area contributed by atoms with E-state index in [1.165, 1.54) is 0 Å². The summed E-state index contributed by atoms with van der Waals surface area (Å²) in [5.41, 5.74) is 3.92. The van der Waals surface area contributed by atoms with E-state index in [0.29, 0.717) is 28.4 Å². The summed E-state index contributed by atoms with van der Waals surface area (Å²) in [4.78, 5) is 28.5. The molecule has 4 rings (SSSR count). The maximum atomic E-state index is 13.6. The molecule has 0 saturated heterocycles. The summed E-state index contributed by atoms with van der Waals surface area (Å²) in [5, 5.41) is 0.921. The summed E-state index contributed by atoms with van der Waals surface area (Å²) < 4.78 is 12.8. The molecule has 0 saturated carbocycles. The summed E-state index contributed by atoms with van der Waals surface area (Å²) in [6.45, 7) is 5.68. The van der Waals surface area contributed by atoms with Crippen LogP contribution in [0, 0.1) is 20.8 Å². The zero-order valence-corrected chi connectivity index (χ0v) is 19.6. The summed E-state index contributed by atoms with van der Waals surface area (Å²) in [6.07, 6.45) is 0. The van der Waals surface area contributed by atoms with E-state index in [0.717, 1.165) is 22.3 Å². The lowest BCUT2D eigenvalue weighted by atomic mass is 10.1. The third-order valence-electron chi connectivity index (χ3n) is 6.13. The van der Waals surface area contributed by atoms with Crippen LogP contribution in [0.3, 0.4) is 0 Å². The van der Waals surface area contributed by atoms with Gasteiger partial charge in [-0.3, -0.25) is 9.59 Å². The van der Waals surface area contributed by atoms with Crippen LogP contribution in [-0.2, 0) is 7.05 Å². The van der Waals surface area contributed by atoms with Crippen LogP contribution >= 0.6 is 0 Å². The number of furan rings is 1. The topological polar surface area (TPSA) is 64.7 Å². The number of hydrogen-bond donors (Lipinski definition) is 0. The van der Waals surface area contributed by atoms with Gasteiger partial charge < -0.3 is 18.6 Å². The van der Waals surface area contributed by atoms with Crippen LogP contribution < -0.4 is 9.64 Å². The van der Waals surface area contributed by atoms with Crippen LogP contribution in [0.25, 0.3) is 10.9 Å². The number of aryl methyl sites for hydroxylation is 3. The van der Waals surface area contributed by atoms with Gasteiger partial charge in [-0.2, -0.15) is 0 Å². The highest BCUT2D eigenvalue weighted by Gasteiger charge is 2.24. The maximum Gasteiger partial charge on any atom is 0.185 e. The van der Waals surface area contributed by atoms with Crippen molar-refractivity contribution in [1.29, 1.82) is 0 Å². The number of carbonyl (C=O) groups excluding carboxylic acids is 2. The van der Waals surface area contributed by atoms with Gasteiger partial charge in [-0.05, 0) is 57.2 Å². The molecule has 0 radical (unpaired) electrons. The number of ketones is 2. The molecule has 0 spiro atoms. The van der Waals surface area contributed by atoms with Crippen molar-refractivity contribution in [1.82, 2.24) is 4.57 Å². The predicted molar refractivity (Wildman–Crippen MR) is 130 cm³/mol. The van der Waals surface area contributed by atoms with Gasteiger partial charge in [0.1, 0.15) is 17.3 Å². The molecule has 0 N–H and O–H groups in total. The molecular weight excluding hydrogens is 416 g/mol. The number of benzene rings is 2. The van der Waals surface area contributed by atoms with Gasteiger partial charge in [0.05, 0.1) is 25.8 Å². The number of methoxy groups -OCH3 is 1. The molecule has 0 unspecified atom stereocenters. The van der Waals surface area contributed by atoms with Gasteiger partial charge in [-0.25, -0.2) is 0 Å². The molecule has 6 nitrogen and oxygen atoms in total. The third-order valence-corrected chi connectivity index (χ3v) is 6.13. The first-order chi connectivity index (χ1) is 15.8. The molecule has 2 aromatic heterocycles. The zero-order valence-electron chi connectivity index (χ0n) is 19.6. The molecule has 2 aromatic carbocycles. The first kappa shape index (κ1) is 22.4. The lowest BCUT2D eigenvalue weighted by molar-refractivity contribution is 0.0984. The van der Waals surface area contributed by atoms with Crippen LogP contribution in [0.15, 0.2) is 59.0 Å². The van der Waals surface area contributed by atoms with E-state index < -0.39 is 0 Å². The molecule has 170 valence electrons. The van der Waals surface area contributed by atoms with Crippen molar-refractivity contribution in [2.24, 2.45) is 7.05 Å². The highest BCUT2D eigenvalue weighted by molar-refractivity contribution is 6.11. The van der Waals surface area contributed by atoms with Crippen molar-refractivity contribution in [2.75, 3.05) is 25.1 Å². The van der Waals surface area contributed by atoms with Gasteiger partial charge in [0, 0.05) is 34.9 Å². The maximum absolute atomic E-state index is 13.6. The lowest BCUT2D eigenvalue weighted by Crippen LogP contribution is -2.35. The number of aromatic nitrogens is 1. The summed E-state index contributed by atoms with van der Waals surface area (Å²) in [6, 6.07) is 17.0. The van der Waals surface area contributed by atoms with E-state index in [1.54, 1.807) is 20.1 Å². The smallest absolute Gasteiger partial charge is 0.185 e. The number of nitrogens with zero attached hydrogens (tertiary/aromatic N) is 2. The van der Waals surface area contributed by atoms with Crippen LogP contribution in [0.4, 0.5) is 5.69 Å². The van der Waals surface area contributed by atoms with Gasteiger partial charge in [0.15, 0.2) is 11.6 Å². The monoisotopic (exact) mass is 444 g/mol. The van der Waals surface area contributed by atoms with Crippen molar-refractivity contribution in [3.8, 4) is 5.75 Å². The number of para-hydroxylation sites is 1. The Hall–Kier alpha value is -3.80. The lowest BCUT2D eigenvalue weighted by Gasteiger charge is -2.24. The van der Waals surface area contributed by atoms with E-state index in [9.17, 15) is 9.59 Å². The van der Waals surface area contributed by atoms with Gasteiger partial charge in [-0.1, -0.05) is 18.2 Å². The van der Waals surface area contributed by atoms with Gasteiger partial charge in [0.25, 0.3) is 0 Å². The number of Topliss-reactive ketones (excluding diaryl/α,β-unsaturated/α-hetero) is 2. The fourth-order valence-electron chi connectivity index (χ4n) is 4.32. The average Bonchev–Trinajstić information content (AvgIpc) is 3.28. The number of rotatable bonds is 8. The summed E-state index contributed by atoms with van der Waals surface area (Å²) in [5.74, 6) is 1.86. The van der Waals surface area contributed by atoms with Crippen LogP contribution in [-0.4, -0.2) is 36.3 Å². The van der Waals surface area contributed by atoms with Gasteiger partial charge >= 0.3 is 0 Å². The second-order valence-corrected chi connectivity index (χ2v) is 8.26. The first-order valence-corrected chi connectivity index (χ1v) is 10.9. The largest absolute Gasteiger partial charge is 0.497 e. The summed E-state index contributed by atoms with van der Waals surface area (Å²) >= 11 is 0. The SMILES string of the molecule is COc1ccc(N(CC(=O)c2cc(C)oc2C)CC(=O)c2c(C)n(C)c3ccccc23)cc1. The highest BCUT2D eigenvalue weighted by atomic mass is 16.5. The van der Waals surface area contributed by atoms with Crippen molar-refractivity contribution >= 4 is 28.2 Å². The molecule has 0 aliphatic heterocycles. The molecule has 4 aromatic rings. The minimum atomic E-state index is -0.0948. The van der Waals surface area contributed by atoms with Gasteiger partial charge in [-0.15, -0.1) is 0 Å². The molecule has 0 amide bonds. The van der Waals surface area contributed by atoms with Crippen LogP contribution in [0.1, 0.15) is 37.9 Å². The number of fused-ring (bicyclic) bond motifs is 1. The fraction of sp³-hybridized carbons (Fsp3) is 0.259. The second kappa shape index (κ2) is 8.98. The van der Waals surface area contributed by atoms with E-state index in [2.05, 4.69) is 0 Å². The van der Waals surface area contributed by atoms with Crippen molar-refractivity contribution in [3.63, 3.8) is 0 Å². The molecular formula is C27H28N2O4. The molecule has 6 heteroatoms. The molecule has 0 atom stereocenters. The zero-order chi connectivity index (χ0) is 23.7. The fourth-order valence-corrected chi connectivity index (χ4v) is 4.32. The van der Waals surface area contributed by atoms with Crippen molar-refractivity contribution in [2.45, 2.75) is 20.8 Å². The molecule has 0 aliphatic carbocycles. The Kier molecular flexibility index (Phi) is 6.09. The van der Waals surface area contributed by atoms with Gasteiger partial charge in [0.2, 0.25) is 0 Å². The highest BCUT2D eigenvalue weighted by Crippen LogP contribution is 2.27. The molecule has 33 heavy (non-hydrogen) atoms. The van der Waals surface area contributed by atoms with Crippen molar-refractivity contribution < 1.29 is 18.7 Å². The number of anilines is 1. The van der Waals surface area contributed by atoms with Crippen LogP contribution in [0.5, 0.6) is 5.75 Å². The Bertz CT molecular complexity index is 1330. The summed E-state index contributed by atoms with van der Waals surface area (Å²) in [7, 11) is 3.57. The Morgan fingerprint density at radius 1 is 0.970 bits per heavy atom. The number of carbonyl (C=O) groups is 2. The molecule has 2 heterocycles. The Labute approximate surface area is 193 Å². The average molecular weight is 445 g/mol. The minimum absolute atomic E-state index is 0.0342. The molecule has 0 bridgehead atoms. The second-order valence-electron chi connectivity index (χ2n) is 8.26.